The summed E-state index contributed by atoms with van der Waals surface area (Å²) in [5, 5.41) is 12.7. The Kier molecular flexibility index (Phi) is 5.50. The van der Waals surface area contributed by atoms with Crippen LogP contribution in [0, 0.1) is 5.41 Å². The van der Waals surface area contributed by atoms with Gasteiger partial charge >= 0.3 is 6.09 Å². The highest BCUT2D eigenvalue weighted by Gasteiger charge is 2.47. The average Bonchev–Trinajstić information content (AvgIpc) is 3.43. The number of aromatic nitrogens is 5. The highest BCUT2D eigenvalue weighted by Crippen LogP contribution is 2.42. The summed E-state index contributed by atoms with van der Waals surface area (Å²) in [5.41, 5.74) is 3.46. The quantitative estimate of drug-likeness (QED) is 0.437. The topological polar surface area (TPSA) is 101 Å². The monoisotopic (exact) mass is 503 g/mol. The Hall–Kier alpha value is -3.82. The maximum atomic E-state index is 12.3. The first-order valence-electron chi connectivity index (χ1n) is 12.9. The van der Waals surface area contributed by atoms with Crippen molar-refractivity contribution in [3.63, 3.8) is 0 Å². The molecule has 0 saturated carbocycles. The molecule has 4 aromatic rings. The molecular weight excluding hydrogens is 470 g/mol. The summed E-state index contributed by atoms with van der Waals surface area (Å²) in [6.07, 6.45) is 7.51. The van der Waals surface area contributed by atoms with Gasteiger partial charge in [0.05, 0.1) is 29.9 Å². The number of rotatable bonds is 4. The zero-order chi connectivity index (χ0) is 25.8. The van der Waals surface area contributed by atoms with Crippen molar-refractivity contribution in [3.05, 3.63) is 36.8 Å². The van der Waals surface area contributed by atoms with Crippen molar-refractivity contribution in [2.45, 2.75) is 46.1 Å². The van der Waals surface area contributed by atoms with Gasteiger partial charge in [-0.2, -0.15) is 5.10 Å². The number of piperidine rings is 1. The number of nitrogens with one attached hydrogen (secondary N) is 1. The SMILES string of the molecule is CCOc1cc(-c2ccc(N3CCC4(CC3)CN(C(=O)OC(C)(C)C)C4)nc2)c2c3cn[nH]c3nn2c1. The van der Waals surface area contributed by atoms with Crippen LogP contribution < -0.4 is 9.64 Å². The fourth-order valence-corrected chi connectivity index (χ4v) is 5.48. The Bertz CT molecular complexity index is 1430. The van der Waals surface area contributed by atoms with Gasteiger partial charge in [0.15, 0.2) is 5.65 Å². The van der Waals surface area contributed by atoms with Gasteiger partial charge in [0, 0.05) is 48.9 Å². The Balaban J connectivity index is 1.17. The molecule has 10 nitrogen and oxygen atoms in total. The van der Waals surface area contributed by atoms with E-state index in [1.165, 1.54) is 0 Å². The summed E-state index contributed by atoms with van der Waals surface area (Å²) in [4.78, 5) is 21.4. The van der Waals surface area contributed by atoms with Gasteiger partial charge < -0.3 is 19.3 Å². The number of ether oxygens (including phenoxy) is 2. The maximum Gasteiger partial charge on any atom is 0.410 e. The molecule has 194 valence electrons. The number of amides is 1. The zero-order valence-electron chi connectivity index (χ0n) is 21.8. The number of carbonyl (C=O) groups excluding carboxylic acids is 1. The highest BCUT2D eigenvalue weighted by molar-refractivity contribution is 6.00. The average molecular weight is 504 g/mol. The van der Waals surface area contributed by atoms with Crippen LogP contribution in [0.1, 0.15) is 40.5 Å². The molecule has 1 spiro atoms. The van der Waals surface area contributed by atoms with E-state index >= 15 is 0 Å². The van der Waals surface area contributed by atoms with Crippen molar-refractivity contribution in [1.82, 2.24) is 29.7 Å². The van der Waals surface area contributed by atoms with Crippen LogP contribution in [-0.4, -0.2) is 74.2 Å². The Morgan fingerprint density at radius 1 is 1.16 bits per heavy atom. The van der Waals surface area contributed by atoms with E-state index in [1.807, 2.05) is 55.6 Å². The van der Waals surface area contributed by atoms with Crippen LogP contribution in [0.15, 0.2) is 36.8 Å². The summed E-state index contributed by atoms with van der Waals surface area (Å²) in [6, 6.07) is 6.25. The van der Waals surface area contributed by atoms with Gasteiger partial charge in [-0.25, -0.2) is 14.3 Å². The molecule has 0 radical (unpaired) electrons. The lowest BCUT2D eigenvalue weighted by molar-refractivity contribution is -0.0434. The standard InChI is InChI=1S/C27H33N7O3/c1-5-36-19-12-20(23-21-14-29-30-24(21)31-34(23)15-19)18-6-7-22(28-13-18)32-10-8-27(9-11-32)16-33(17-27)25(35)37-26(2,3)4/h6-7,12-15H,5,8-11,16-17H2,1-4H3,(H,30,31). The van der Waals surface area contributed by atoms with E-state index in [9.17, 15) is 4.79 Å². The van der Waals surface area contributed by atoms with E-state index in [4.69, 9.17) is 14.5 Å². The number of carbonyl (C=O) groups is 1. The molecule has 0 bridgehead atoms. The molecule has 1 amide bonds. The number of likely N-dealkylation sites (tertiary alicyclic amines) is 1. The van der Waals surface area contributed by atoms with Gasteiger partial charge in [0.1, 0.15) is 17.2 Å². The predicted octanol–water partition coefficient (Wildman–Crippen LogP) is 4.51. The van der Waals surface area contributed by atoms with Gasteiger partial charge in [0.25, 0.3) is 0 Å². The molecule has 0 unspecified atom stereocenters. The lowest BCUT2D eigenvalue weighted by Gasteiger charge is -2.53. The van der Waals surface area contributed by atoms with Crippen LogP contribution in [0.5, 0.6) is 5.75 Å². The van der Waals surface area contributed by atoms with Crippen molar-refractivity contribution in [2.75, 3.05) is 37.7 Å². The Labute approximate surface area is 215 Å². The van der Waals surface area contributed by atoms with Crippen LogP contribution in [0.2, 0.25) is 0 Å². The van der Waals surface area contributed by atoms with Crippen LogP contribution in [-0.2, 0) is 4.74 Å². The van der Waals surface area contributed by atoms with E-state index in [2.05, 4.69) is 32.3 Å². The maximum absolute atomic E-state index is 12.3. The molecule has 37 heavy (non-hydrogen) atoms. The highest BCUT2D eigenvalue weighted by atomic mass is 16.6. The summed E-state index contributed by atoms with van der Waals surface area (Å²) in [6.45, 7) is 11.7. The summed E-state index contributed by atoms with van der Waals surface area (Å²) >= 11 is 0. The van der Waals surface area contributed by atoms with E-state index in [1.54, 1.807) is 6.20 Å². The third-order valence-electron chi connectivity index (χ3n) is 7.32. The number of pyridine rings is 2. The minimum absolute atomic E-state index is 0.203. The second-order valence-electron chi connectivity index (χ2n) is 11.2. The molecule has 6 rings (SSSR count). The number of fused-ring (bicyclic) bond motifs is 3. The van der Waals surface area contributed by atoms with Gasteiger partial charge in [-0.05, 0) is 58.7 Å². The molecule has 1 N–H and O–H groups in total. The molecule has 6 heterocycles. The minimum atomic E-state index is -0.459. The van der Waals surface area contributed by atoms with E-state index in [-0.39, 0.29) is 11.5 Å². The third-order valence-corrected chi connectivity index (χ3v) is 7.32. The normalized spacial score (nSPS) is 17.4. The molecule has 0 aromatic carbocycles. The van der Waals surface area contributed by atoms with Gasteiger partial charge in [-0.3, -0.25) is 5.10 Å². The first-order valence-corrected chi connectivity index (χ1v) is 12.9. The van der Waals surface area contributed by atoms with Crippen molar-refractivity contribution in [3.8, 4) is 16.9 Å². The third kappa shape index (κ3) is 4.34. The second-order valence-corrected chi connectivity index (χ2v) is 11.2. The minimum Gasteiger partial charge on any atom is -0.492 e. The zero-order valence-corrected chi connectivity index (χ0v) is 21.8. The van der Waals surface area contributed by atoms with Gasteiger partial charge in [0.2, 0.25) is 0 Å². The molecular formula is C27H33N7O3. The second kappa shape index (κ2) is 8.64. The number of hydrogen-bond donors (Lipinski definition) is 1. The van der Waals surface area contributed by atoms with E-state index in [0.29, 0.717) is 6.61 Å². The number of aromatic amines is 1. The van der Waals surface area contributed by atoms with Crippen LogP contribution in [0.4, 0.5) is 10.6 Å². The largest absolute Gasteiger partial charge is 0.492 e. The van der Waals surface area contributed by atoms with Gasteiger partial charge in [-0.1, -0.05) is 0 Å². The first kappa shape index (κ1) is 23.6. The lowest BCUT2D eigenvalue weighted by Crippen LogP contribution is -2.62. The number of anilines is 1. The van der Waals surface area contributed by atoms with Crippen molar-refractivity contribution < 1.29 is 14.3 Å². The summed E-state index contributed by atoms with van der Waals surface area (Å²) in [7, 11) is 0. The lowest BCUT2D eigenvalue weighted by atomic mass is 9.72. The fraction of sp³-hybridized carbons (Fsp3) is 0.481. The molecule has 0 atom stereocenters. The summed E-state index contributed by atoms with van der Waals surface area (Å²) < 4.78 is 13.2. The Morgan fingerprint density at radius 3 is 2.62 bits per heavy atom. The van der Waals surface area contributed by atoms with Crippen LogP contribution >= 0.6 is 0 Å². The van der Waals surface area contributed by atoms with Gasteiger partial charge in [-0.15, -0.1) is 5.10 Å². The molecule has 2 fully saturated rings. The molecule has 10 heteroatoms. The van der Waals surface area contributed by atoms with E-state index in [0.717, 1.165) is 78.3 Å². The van der Waals surface area contributed by atoms with Crippen LogP contribution in [0.3, 0.4) is 0 Å². The van der Waals surface area contributed by atoms with Crippen LogP contribution in [0.25, 0.3) is 27.7 Å². The number of nitrogens with zero attached hydrogens (tertiary/aromatic N) is 6. The molecule has 0 aliphatic carbocycles. The van der Waals surface area contributed by atoms with Crippen molar-refractivity contribution >= 4 is 28.5 Å². The molecule has 4 aromatic heterocycles. The Morgan fingerprint density at radius 2 is 1.95 bits per heavy atom. The van der Waals surface area contributed by atoms with E-state index < -0.39 is 5.60 Å². The summed E-state index contributed by atoms with van der Waals surface area (Å²) in [5.74, 6) is 1.73. The number of hydrogen-bond acceptors (Lipinski definition) is 7. The smallest absolute Gasteiger partial charge is 0.410 e. The number of H-pyrrole nitrogens is 1. The van der Waals surface area contributed by atoms with Crippen molar-refractivity contribution in [1.29, 1.82) is 0 Å². The first-order chi connectivity index (χ1) is 17.7. The predicted molar refractivity (Wildman–Crippen MR) is 141 cm³/mol. The molecule has 2 aliphatic heterocycles. The van der Waals surface area contributed by atoms with Crippen molar-refractivity contribution in [2.24, 2.45) is 5.41 Å². The molecule has 2 aliphatic rings. The fourth-order valence-electron chi connectivity index (χ4n) is 5.48. The molecule has 2 saturated heterocycles.